The number of hydrogen-bond acceptors (Lipinski definition) is 7. The van der Waals surface area contributed by atoms with E-state index in [0.29, 0.717) is 5.75 Å². The third kappa shape index (κ3) is 3.75. The van der Waals surface area contributed by atoms with Crippen molar-refractivity contribution < 1.29 is 34.3 Å². The summed E-state index contributed by atoms with van der Waals surface area (Å²) >= 11 is 0. The van der Waals surface area contributed by atoms with Gasteiger partial charge < -0.3 is 29.5 Å². The lowest BCUT2D eigenvalue weighted by molar-refractivity contribution is -0.268. The molecule has 0 bridgehead atoms. The van der Waals surface area contributed by atoms with Crippen LogP contribution in [0.2, 0.25) is 0 Å². The van der Waals surface area contributed by atoms with Gasteiger partial charge >= 0.3 is 5.97 Å². The molecule has 1 aliphatic heterocycles. The van der Waals surface area contributed by atoms with Crippen LogP contribution < -0.4 is 4.74 Å². The maximum Gasteiger partial charge on any atom is 0.309 e. The summed E-state index contributed by atoms with van der Waals surface area (Å²) in [5.41, 5.74) is 0.758. The minimum Gasteiger partial charge on any atom is -0.469 e. The molecule has 1 fully saturated rings. The van der Waals surface area contributed by atoms with Gasteiger partial charge in [0.25, 0.3) is 0 Å². The largest absolute Gasteiger partial charge is 0.469 e. The van der Waals surface area contributed by atoms with E-state index in [1.807, 2.05) is 0 Å². The van der Waals surface area contributed by atoms with Crippen LogP contribution in [0, 0.1) is 0 Å². The molecule has 1 saturated heterocycles. The van der Waals surface area contributed by atoms with Crippen molar-refractivity contribution in [2.45, 2.75) is 44.1 Å². The van der Waals surface area contributed by atoms with E-state index in [1.54, 1.807) is 31.2 Å². The number of aliphatic hydroxyl groups is 3. The van der Waals surface area contributed by atoms with Gasteiger partial charge in [-0.25, -0.2) is 0 Å². The Labute approximate surface area is 128 Å². The lowest BCUT2D eigenvalue weighted by atomic mass is 10.00. The van der Waals surface area contributed by atoms with Gasteiger partial charge in [0.15, 0.2) is 0 Å². The molecular weight excluding hydrogens is 292 g/mol. The van der Waals surface area contributed by atoms with Gasteiger partial charge in [-0.3, -0.25) is 4.79 Å². The third-order valence-corrected chi connectivity index (χ3v) is 3.56. The fourth-order valence-corrected chi connectivity index (χ4v) is 2.17. The van der Waals surface area contributed by atoms with Gasteiger partial charge in [0, 0.05) is 0 Å². The van der Waals surface area contributed by atoms with E-state index < -0.39 is 30.7 Å². The summed E-state index contributed by atoms with van der Waals surface area (Å²) in [6, 6.07) is 6.62. The molecule has 0 saturated carbocycles. The average Bonchev–Trinajstić information content (AvgIpc) is 2.52. The zero-order valence-electron chi connectivity index (χ0n) is 12.4. The number of rotatable bonds is 4. The Kier molecular flexibility index (Phi) is 5.36. The van der Waals surface area contributed by atoms with E-state index in [2.05, 4.69) is 4.74 Å². The van der Waals surface area contributed by atoms with Crippen LogP contribution in [0.4, 0.5) is 0 Å². The first-order valence-corrected chi connectivity index (χ1v) is 6.94. The summed E-state index contributed by atoms with van der Waals surface area (Å²) in [5, 5.41) is 29.2. The molecule has 0 spiro atoms. The second-order valence-electron chi connectivity index (χ2n) is 5.20. The summed E-state index contributed by atoms with van der Waals surface area (Å²) in [6.45, 7) is 1.58. The highest BCUT2D eigenvalue weighted by atomic mass is 16.7. The standard InChI is InChI=1S/C15H20O7/c1-8-12(17)13(18)14(19)15(21-8)22-10-5-3-9(4-6-10)7-11(16)20-2/h3-6,8,12-15,17-19H,7H2,1-2H3/t8-,12-,13+,14+,15-/m0/s1. The zero-order valence-corrected chi connectivity index (χ0v) is 12.4. The molecular formula is C15H20O7. The first kappa shape index (κ1) is 16.7. The van der Waals surface area contributed by atoms with Crippen LogP contribution in [0.3, 0.4) is 0 Å². The zero-order chi connectivity index (χ0) is 16.3. The molecule has 3 N–H and O–H groups in total. The Morgan fingerprint density at radius 3 is 2.36 bits per heavy atom. The van der Waals surface area contributed by atoms with Crippen molar-refractivity contribution in [2.24, 2.45) is 0 Å². The lowest BCUT2D eigenvalue weighted by Crippen LogP contribution is -2.58. The van der Waals surface area contributed by atoms with Gasteiger partial charge in [-0.2, -0.15) is 0 Å². The quantitative estimate of drug-likeness (QED) is 0.650. The second-order valence-corrected chi connectivity index (χ2v) is 5.20. The summed E-state index contributed by atoms with van der Waals surface area (Å²) < 4.78 is 15.4. The monoisotopic (exact) mass is 312 g/mol. The highest BCUT2D eigenvalue weighted by Gasteiger charge is 2.43. The molecule has 2 rings (SSSR count). The minimum atomic E-state index is -1.36. The summed E-state index contributed by atoms with van der Waals surface area (Å²) in [7, 11) is 1.32. The van der Waals surface area contributed by atoms with Crippen molar-refractivity contribution in [1.29, 1.82) is 0 Å². The molecule has 1 heterocycles. The van der Waals surface area contributed by atoms with E-state index in [4.69, 9.17) is 9.47 Å². The van der Waals surface area contributed by atoms with Gasteiger partial charge in [-0.15, -0.1) is 0 Å². The number of carbonyl (C=O) groups is 1. The topological polar surface area (TPSA) is 105 Å². The molecule has 5 atom stereocenters. The second kappa shape index (κ2) is 7.06. The normalized spacial score (nSPS) is 31.6. The number of carbonyl (C=O) groups excluding carboxylic acids is 1. The predicted octanol–water partition coefficient (Wildman–Crippen LogP) is -0.392. The van der Waals surface area contributed by atoms with Gasteiger partial charge in [-0.1, -0.05) is 12.1 Å². The number of methoxy groups -OCH3 is 1. The van der Waals surface area contributed by atoms with Crippen molar-refractivity contribution >= 4 is 5.97 Å². The van der Waals surface area contributed by atoms with Gasteiger partial charge in [0.1, 0.15) is 24.1 Å². The minimum absolute atomic E-state index is 0.154. The van der Waals surface area contributed by atoms with Crippen molar-refractivity contribution in [1.82, 2.24) is 0 Å². The Morgan fingerprint density at radius 2 is 1.77 bits per heavy atom. The summed E-state index contributed by atoms with van der Waals surface area (Å²) in [6.07, 6.45) is -5.46. The maximum absolute atomic E-state index is 11.2. The molecule has 22 heavy (non-hydrogen) atoms. The fraction of sp³-hybridized carbons (Fsp3) is 0.533. The lowest BCUT2D eigenvalue weighted by Gasteiger charge is -2.38. The average molecular weight is 312 g/mol. The van der Waals surface area contributed by atoms with Gasteiger partial charge in [0.05, 0.1) is 19.6 Å². The SMILES string of the molecule is COC(=O)Cc1ccc(O[C@@H]2O[C@@H](C)[C@H](O)[C@@H](O)[C@H]2O)cc1. The molecule has 122 valence electrons. The molecule has 0 aliphatic carbocycles. The number of hydrogen-bond donors (Lipinski definition) is 3. The molecule has 0 radical (unpaired) electrons. The van der Waals surface area contributed by atoms with Crippen molar-refractivity contribution in [3.8, 4) is 5.75 Å². The van der Waals surface area contributed by atoms with Crippen LogP contribution in [0.25, 0.3) is 0 Å². The van der Waals surface area contributed by atoms with Crippen LogP contribution >= 0.6 is 0 Å². The summed E-state index contributed by atoms with van der Waals surface area (Å²) in [4.78, 5) is 11.2. The molecule has 7 heteroatoms. The predicted molar refractivity (Wildman–Crippen MR) is 75.1 cm³/mol. The van der Waals surface area contributed by atoms with Crippen molar-refractivity contribution in [3.05, 3.63) is 29.8 Å². The number of esters is 1. The molecule has 1 aromatic carbocycles. The van der Waals surface area contributed by atoms with Crippen LogP contribution in [0.15, 0.2) is 24.3 Å². The van der Waals surface area contributed by atoms with Crippen molar-refractivity contribution in [2.75, 3.05) is 7.11 Å². The van der Waals surface area contributed by atoms with E-state index in [0.717, 1.165) is 5.56 Å². The molecule has 0 amide bonds. The smallest absolute Gasteiger partial charge is 0.309 e. The number of benzene rings is 1. The van der Waals surface area contributed by atoms with E-state index in [9.17, 15) is 20.1 Å². The van der Waals surface area contributed by atoms with Crippen LogP contribution in [0.5, 0.6) is 5.75 Å². The highest BCUT2D eigenvalue weighted by molar-refractivity contribution is 5.72. The van der Waals surface area contributed by atoms with Crippen molar-refractivity contribution in [3.63, 3.8) is 0 Å². The first-order chi connectivity index (χ1) is 10.4. The highest BCUT2D eigenvalue weighted by Crippen LogP contribution is 2.24. The fourth-order valence-electron chi connectivity index (χ4n) is 2.17. The summed E-state index contributed by atoms with van der Waals surface area (Å²) in [5.74, 6) is 0.0686. The Hall–Kier alpha value is -1.67. The van der Waals surface area contributed by atoms with Gasteiger partial charge in [-0.05, 0) is 24.6 Å². The molecule has 1 aliphatic rings. The van der Waals surface area contributed by atoms with E-state index >= 15 is 0 Å². The van der Waals surface area contributed by atoms with Crippen LogP contribution in [-0.4, -0.2) is 59.1 Å². The van der Waals surface area contributed by atoms with Crippen LogP contribution in [-0.2, 0) is 20.7 Å². The Balaban J connectivity index is 2.00. The maximum atomic E-state index is 11.2. The number of aliphatic hydroxyl groups excluding tert-OH is 3. The van der Waals surface area contributed by atoms with E-state index in [-0.39, 0.29) is 12.4 Å². The molecule has 7 nitrogen and oxygen atoms in total. The molecule has 1 aromatic rings. The Bertz CT molecular complexity index is 501. The van der Waals surface area contributed by atoms with Crippen LogP contribution in [0.1, 0.15) is 12.5 Å². The Morgan fingerprint density at radius 1 is 1.14 bits per heavy atom. The third-order valence-electron chi connectivity index (χ3n) is 3.56. The van der Waals surface area contributed by atoms with E-state index in [1.165, 1.54) is 7.11 Å². The van der Waals surface area contributed by atoms with Gasteiger partial charge in [0.2, 0.25) is 6.29 Å². The number of ether oxygens (including phenoxy) is 3. The molecule has 0 unspecified atom stereocenters. The first-order valence-electron chi connectivity index (χ1n) is 6.94. The molecule has 0 aromatic heterocycles.